The maximum Gasteiger partial charge on any atom is 0.315 e. The molecule has 0 unspecified atom stereocenters. The molecule has 17 heavy (non-hydrogen) atoms. The second kappa shape index (κ2) is 7.68. The Hall–Kier alpha value is -1.55. The molecule has 1 rings (SSSR count). The molecule has 0 aliphatic rings. The second-order valence-electron chi connectivity index (χ2n) is 4.09. The fraction of sp³-hybridized carbons (Fsp3) is 0.462. The van der Waals surface area contributed by atoms with Crippen molar-refractivity contribution in [3.8, 4) is 0 Å². The number of amides is 2. The van der Waals surface area contributed by atoms with E-state index in [-0.39, 0.29) is 6.03 Å². The summed E-state index contributed by atoms with van der Waals surface area (Å²) in [6, 6.07) is 9.51. The molecule has 0 aliphatic carbocycles. The minimum atomic E-state index is -0.360. The highest BCUT2D eigenvalue weighted by Crippen LogP contribution is 2.06. The van der Waals surface area contributed by atoms with Gasteiger partial charge in [0.25, 0.3) is 0 Å². The maximum absolute atomic E-state index is 11.3. The van der Waals surface area contributed by atoms with Gasteiger partial charge in [0.1, 0.15) is 0 Å². The Kier molecular flexibility index (Phi) is 6.10. The van der Waals surface area contributed by atoms with Crippen LogP contribution in [0.1, 0.15) is 24.8 Å². The lowest BCUT2D eigenvalue weighted by atomic mass is 10.2. The maximum atomic E-state index is 11.3. The molecule has 0 aromatic heterocycles. The first-order chi connectivity index (χ1) is 8.24. The van der Waals surface area contributed by atoms with Crippen LogP contribution in [0.3, 0.4) is 0 Å². The molecule has 4 N–H and O–H groups in total. The van der Waals surface area contributed by atoms with Gasteiger partial charge in [-0.05, 0) is 24.9 Å². The summed E-state index contributed by atoms with van der Waals surface area (Å²) < 4.78 is 0. The van der Waals surface area contributed by atoms with E-state index in [0.29, 0.717) is 19.6 Å². The van der Waals surface area contributed by atoms with Crippen LogP contribution < -0.4 is 11.5 Å². The quantitative estimate of drug-likeness (QED) is 0.706. The van der Waals surface area contributed by atoms with E-state index in [4.69, 9.17) is 11.5 Å². The smallest absolute Gasteiger partial charge is 0.315 e. The molecule has 0 saturated heterocycles. The summed E-state index contributed by atoms with van der Waals surface area (Å²) in [4.78, 5) is 13.0. The highest BCUT2D eigenvalue weighted by molar-refractivity contribution is 5.71. The van der Waals surface area contributed by atoms with Crippen LogP contribution in [0.15, 0.2) is 30.3 Å². The van der Waals surface area contributed by atoms with Crippen molar-refractivity contribution in [2.45, 2.75) is 25.8 Å². The van der Waals surface area contributed by atoms with Gasteiger partial charge in [0.2, 0.25) is 0 Å². The highest BCUT2D eigenvalue weighted by atomic mass is 16.2. The molecule has 0 atom stereocenters. The Balaban J connectivity index is 2.41. The number of urea groups is 1. The second-order valence-corrected chi connectivity index (χ2v) is 4.09. The van der Waals surface area contributed by atoms with Gasteiger partial charge in [-0.15, -0.1) is 0 Å². The third-order valence-corrected chi connectivity index (χ3v) is 2.66. The summed E-state index contributed by atoms with van der Waals surface area (Å²) in [5, 5.41) is 0. The summed E-state index contributed by atoms with van der Waals surface area (Å²) in [5.41, 5.74) is 11.9. The van der Waals surface area contributed by atoms with Crippen LogP contribution >= 0.6 is 0 Å². The molecule has 0 aliphatic heterocycles. The minimum absolute atomic E-state index is 0.360. The van der Waals surface area contributed by atoms with E-state index in [9.17, 15) is 4.79 Å². The van der Waals surface area contributed by atoms with Gasteiger partial charge in [0.15, 0.2) is 0 Å². The van der Waals surface area contributed by atoms with Gasteiger partial charge in [0, 0.05) is 13.1 Å². The zero-order valence-electron chi connectivity index (χ0n) is 10.1. The van der Waals surface area contributed by atoms with Crippen molar-refractivity contribution in [1.29, 1.82) is 0 Å². The summed E-state index contributed by atoms with van der Waals surface area (Å²) >= 11 is 0. The molecule has 0 heterocycles. The number of benzene rings is 1. The van der Waals surface area contributed by atoms with Crippen molar-refractivity contribution in [3.05, 3.63) is 35.9 Å². The number of nitrogens with two attached hydrogens (primary N) is 2. The summed E-state index contributed by atoms with van der Waals surface area (Å²) in [6.07, 6.45) is 2.99. The van der Waals surface area contributed by atoms with Crippen LogP contribution in [0, 0.1) is 0 Å². The Morgan fingerprint density at radius 1 is 1.12 bits per heavy atom. The Labute approximate surface area is 103 Å². The van der Waals surface area contributed by atoms with Crippen molar-refractivity contribution in [3.63, 3.8) is 0 Å². The van der Waals surface area contributed by atoms with Crippen LogP contribution in [0.4, 0.5) is 4.79 Å². The van der Waals surface area contributed by atoms with Gasteiger partial charge < -0.3 is 16.4 Å². The van der Waals surface area contributed by atoms with E-state index in [1.807, 2.05) is 30.3 Å². The zero-order chi connectivity index (χ0) is 12.5. The molecule has 1 aromatic carbocycles. The van der Waals surface area contributed by atoms with Gasteiger partial charge in [-0.25, -0.2) is 4.79 Å². The van der Waals surface area contributed by atoms with Gasteiger partial charge >= 0.3 is 6.03 Å². The van der Waals surface area contributed by atoms with Crippen LogP contribution in [-0.2, 0) is 6.54 Å². The fourth-order valence-corrected chi connectivity index (χ4v) is 1.69. The number of hydrogen-bond donors (Lipinski definition) is 2. The predicted octanol–water partition coefficient (Wildman–Crippen LogP) is 1.70. The molecule has 94 valence electrons. The van der Waals surface area contributed by atoms with Crippen molar-refractivity contribution in [2.24, 2.45) is 11.5 Å². The average molecular weight is 235 g/mol. The van der Waals surface area contributed by atoms with E-state index in [1.165, 1.54) is 0 Å². The molecule has 2 amide bonds. The summed E-state index contributed by atoms with van der Waals surface area (Å²) in [7, 11) is 0. The third-order valence-electron chi connectivity index (χ3n) is 2.66. The number of rotatable bonds is 7. The lowest BCUT2D eigenvalue weighted by molar-refractivity contribution is 0.203. The number of hydrogen-bond acceptors (Lipinski definition) is 2. The highest BCUT2D eigenvalue weighted by Gasteiger charge is 2.09. The Bertz CT molecular complexity index is 327. The Morgan fingerprint density at radius 2 is 1.82 bits per heavy atom. The monoisotopic (exact) mass is 235 g/mol. The van der Waals surface area contributed by atoms with Crippen molar-refractivity contribution < 1.29 is 4.79 Å². The van der Waals surface area contributed by atoms with Crippen molar-refractivity contribution in [1.82, 2.24) is 4.90 Å². The standard InChI is InChI=1S/C13H21N3O/c14-9-5-2-6-10-16(13(15)17)11-12-7-3-1-4-8-12/h1,3-4,7-8H,2,5-6,9-11,14H2,(H2,15,17). The first kappa shape index (κ1) is 13.5. The van der Waals surface area contributed by atoms with E-state index in [2.05, 4.69) is 0 Å². The topological polar surface area (TPSA) is 72.3 Å². The third kappa shape index (κ3) is 5.36. The Morgan fingerprint density at radius 3 is 2.41 bits per heavy atom. The van der Waals surface area contributed by atoms with E-state index >= 15 is 0 Å². The average Bonchev–Trinajstić information content (AvgIpc) is 2.34. The van der Waals surface area contributed by atoms with Crippen molar-refractivity contribution in [2.75, 3.05) is 13.1 Å². The van der Waals surface area contributed by atoms with Gasteiger partial charge in [-0.1, -0.05) is 36.8 Å². The molecule has 0 bridgehead atoms. The lowest BCUT2D eigenvalue weighted by Gasteiger charge is -2.20. The molecular weight excluding hydrogens is 214 g/mol. The summed E-state index contributed by atoms with van der Waals surface area (Å²) in [5.74, 6) is 0. The van der Waals surface area contributed by atoms with Gasteiger partial charge in [0.05, 0.1) is 0 Å². The molecule has 0 fully saturated rings. The number of nitrogens with zero attached hydrogens (tertiary/aromatic N) is 1. The van der Waals surface area contributed by atoms with Crippen LogP contribution in [-0.4, -0.2) is 24.0 Å². The summed E-state index contributed by atoms with van der Waals surface area (Å²) in [6.45, 7) is 1.98. The molecule has 4 heteroatoms. The fourth-order valence-electron chi connectivity index (χ4n) is 1.69. The zero-order valence-corrected chi connectivity index (χ0v) is 10.1. The van der Waals surface area contributed by atoms with Crippen LogP contribution in [0.25, 0.3) is 0 Å². The number of carbonyl (C=O) groups excluding carboxylic acids is 1. The van der Waals surface area contributed by atoms with Gasteiger partial charge in [-0.2, -0.15) is 0 Å². The number of primary amides is 1. The largest absolute Gasteiger partial charge is 0.351 e. The first-order valence-electron chi connectivity index (χ1n) is 6.02. The number of unbranched alkanes of at least 4 members (excludes halogenated alkanes) is 2. The molecule has 0 radical (unpaired) electrons. The number of carbonyl (C=O) groups is 1. The molecule has 1 aromatic rings. The molecule has 0 spiro atoms. The van der Waals surface area contributed by atoms with E-state index < -0.39 is 0 Å². The van der Waals surface area contributed by atoms with E-state index in [0.717, 1.165) is 24.8 Å². The molecule has 4 nitrogen and oxygen atoms in total. The van der Waals surface area contributed by atoms with E-state index in [1.54, 1.807) is 4.90 Å². The first-order valence-corrected chi connectivity index (χ1v) is 6.02. The predicted molar refractivity (Wildman–Crippen MR) is 69.3 cm³/mol. The lowest BCUT2D eigenvalue weighted by Crippen LogP contribution is -2.35. The SMILES string of the molecule is NCCCCCN(Cc1ccccc1)C(N)=O. The molecular formula is C13H21N3O. The van der Waals surface area contributed by atoms with Crippen LogP contribution in [0.5, 0.6) is 0 Å². The van der Waals surface area contributed by atoms with Gasteiger partial charge in [-0.3, -0.25) is 0 Å². The van der Waals surface area contributed by atoms with Crippen molar-refractivity contribution >= 4 is 6.03 Å². The molecule has 0 saturated carbocycles. The minimum Gasteiger partial charge on any atom is -0.351 e. The normalized spacial score (nSPS) is 10.2. The van der Waals surface area contributed by atoms with Crippen LogP contribution in [0.2, 0.25) is 0 Å².